The standard InChI is InChI=1S/C44H35N5O7/c50-24-25-55-35-20-10-7-17-30(35)40-44(31-26-27(21-22-32(31)45-43(44)54)12-11-23-48-34-19-9-8-18-33(34)46-47-48)36(41(51)52)38-42(53)56-39(29-15-5-2-6-16-29)37(49(38)40)28-13-3-1-4-14-28/h1-10,13-22,26,36-40,50H,23-25H2,(H,45,54)(H,51,52). The van der Waals surface area contributed by atoms with Crippen molar-refractivity contribution in [2.75, 3.05) is 18.5 Å². The van der Waals surface area contributed by atoms with E-state index in [-0.39, 0.29) is 19.8 Å². The number of rotatable bonds is 8. The summed E-state index contributed by atoms with van der Waals surface area (Å²) in [5.41, 5.74) is 2.97. The van der Waals surface area contributed by atoms with Gasteiger partial charge in [-0.3, -0.25) is 19.3 Å². The molecule has 1 aromatic heterocycles. The van der Waals surface area contributed by atoms with E-state index in [4.69, 9.17) is 9.47 Å². The second-order valence-corrected chi connectivity index (χ2v) is 14.0. The number of nitrogens with zero attached hydrogens (tertiary/aromatic N) is 4. The normalized spacial score (nSPS) is 23.8. The van der Waals surface area contributed by atoms with Crippen LogP contribution in [0.1, 0.15) is 46.0 Å². The minimum atomic E-state index is -1.89. The molecular weight excluding hydrogens is 711 g/mol. The smallest absolute Gasteiger partial charge is 0.325 e. The zero-order chi connectivity index (χ0) is 38.4. The van der Waals surface area contributed by atoms with Gasteiger partial charge in [-0.25, -0.2) is 4.68 Å². The average molecular weight is 746 g/mol. The first-order valence-corrected chi connectivity index (χ1v) is 18.3. The lowest BCUT2D eigenvalue weighted by Crippen LogP contribution is -2.52. The minimum Gasteiger partial charge on any atom is -0.491 e. The molecule has 5 aromatic carbocycles. The number of carbonyl (C=O) groups is 3. The molecular formula is C44H35N5O7. The van der Waals surface area contributed by atoms with Crippen LogP contribution < -0.4 is 10.1 Å². The second-order valence-electron chi connectivity index (χ2n) is 14.0. The molecule has 12 nitrogen and oxygen atoms in total. The molecule has 1 spiro atoms. The van der Waals surface area contributed by atoms with E-state index in [1.54, 1.807) is 47.1 Å². The summed E-state index contributed by atoms with van der Waals surface area (Å²) in [6.07, 6.45) is -0.867. The van der Waals surface area contributed by atoms with E-state index in [2.05, 4.69) is 27.5 Å². The number of hydrogen-bond acceptors (Lipinski definition) is 9. The van der Waals surface area contributed by atoms with Crippen molar-refractivity contribution in [1.29, 1.82) is 0 Å². The van der Waals surface area contributed by atoms with Gasteiger partial charge in [0, 0.05) is 16.8 Å². The highest BCUT2D eigenvalue weighted by molar-refractivity contribution is 6.11. The Labute approximate surface area is 321 Å². The fourth-order valence-corrected chi connectivity index (χ4v) is 8.87. The number of aromatic nitrogens is 3. The van der Waals surface area contributed by atoms with Crippen molar-refractivity contribution >= 4 is 34.6 Å². The average Bonchev–Trinajstić information content (AvgIpc) is 3.88. The molecule has 0 aliphatic carbocycles. The molecule has 4 heterocycles. The number of aliphatic hydroxyl groups is 1. The van der Waals surface area contributed by atoms with Gasteiger partial charge in [-0.15, -0.1) is 5.10 Å². The van der Waals surface area contributed by atoms with E-state index in [1.807, 2.05) is 89.8 Å². The van der Waals surface area contributed by atoms with Crippen molar-refractivity contribution in [3.63, 3.8) is 0 Å². The molecule has 0 bridgehead atoms. The number of cyclic esters (lactones) is 1. The van der Waals surface area contributed by atoms with Gasteiger partial charge in [0.2, 0.25) is 5.91 Å². The quantitative estimate of drug-likeness (QED) is 0.140. The highest BCUT2D eigenvalue weighted by atomic mass is 16.6. The first kappa shape index (κ1) is 34.9. The Hall–Kier alpha value is -6.81. The number of carboxylic acids is 1. The highest BCUT2D eigenvalue weighted by Crippen LogP contribution is 2.65. The Morgan fingerprint density at radius 3 is 2.36 bits per heavy atom. The Bertz CT molecular complexity index is 2550. The first-order valence-electron chi connectivity index (χ1n) is 18.3. The maximum atomic E-state index is 15.0. The largest absolute Gasteiger partial charge is 0.491 e. The zero-order valence-electron chi connectivity index (χ0n) is 29.9. The van der Waals surface area contributed by atoms with Crippen molar-refractivity contribution in [3.8, 4) is 17.6 Å². The minimum absolute atomic E-state index is 0.0527. The third-order valence-corrected chi connectivity index (χ3v) is 11.0. The molecule has 278 valence electrons. The lowest BCUT2D eigenvalue weighted by molar-refractivity contribution is -0.179. The maximum Gasteiger partial charge on any atom is 0.325 e. The number of esters is 1. The topological polar surface area (TPSA) is 156 Å². The van der Waals surface area contributed by atoms with Crippen LogP contribution in [0.25, 0.3) is 11.0 Å². The predicted molar refractivity (Wildman–Crippen MR) is 204 cm³/mol. The van der Waals surface area contributed by atoms with Gasteiger partial charge in [-0.05, 0) is 53.1 Å². The number of amides is 1. The van der Waals surface area contributed by atoms with Crippen LogP contribution in [-0.2, 0) is 31.1 Å². The summed E-state index contributed by atoms with van der Waals surface area (Å²) in [7, 11) is 0. The molecule has 0 radical (unpaired) electrons. The van der Waals surface area contributed by atoms with Crippen LogP contribution in [0.4, 0.5) is 5.69 Å². The fraction of sp³-hybridized carbons (Fsp3) is 0.205. The van der Waals surface area contributed by atoms with Crippen molar-refractivity contribution in [2.24, 2.45) is 5.92 Å². The first-order chi connectivity index (χ1) is 27.4. The number of hydrogen-bond donors (Lipinski definition) is 3. The van der Waals surface area contributed by atoms with Gasteiger partial charge in [-0.1, -0.05) is 108 Å². The van der Waals surface area contributed by atoms with E-state index in [9.17, 15) is 19.8 Å². The van der Waals surface area contributed by atoms with E-state index >= 15 is 4.79 Å². The third kappa shape index (κ3) is 5.51. The number of carboxylic acid groups (broad SMARTS) is 1. The van der Waals surface area contributed by atoms with Crippen LogP contribution in [0.5, 0.6) is 5.75 Å². The lowest BCUT2D eigenvalue weighted by atomic mass is 9.65. The van der Waals surface area contributed by atoms with Crippen molar-refractivity contribution in [3.05, 3.63) is 155 Å². The molecule has 1 amide bonds. The molecule has 9 rings (SSSR count). The van der Waals surface area contributed by atoms with Gasteiger partial charge >= 0.3 is 11.9 Å². The Kier molecular flexibility index (Phi) is 8.80. The van der Waals surface area contributed by atoms with Gasteiger partial charge in [0.05, 0.1) is 24.2 Å². The van der Waals surface area contributed by atoms with Crippen LogP contribution in [0, 0.1) is 17.8 Å². The SMILES string of the molecule is O=C1OC(c2ccccc2)C(c2ccccc2)N2C1C(C(=O)O)C1(C(=O)Nc3ccc(C#CCn4nnc5ccccc54)cc31)C2c1ccccc1OCCO. The second kappa shape index (κ2) is 14.1. The van der Waals surface area contributed by atoms with Crippen LogP contribution >= 0.6 is 0 Å². The lowest BCUT2D eigenvalue weighted by Gasteiger charge is -2.46. The molecule has 12 heteroatoms. The Balaban J connectivity index is 1.27. The van der Waals surface area contributed by atoms with Crippen LogP contribution in [0.3, 0.4) is 0 Å². The number of para-hydroxylation sites is 2. The molecule has 2 fully saturated rings. The highest BCUT2D eigenvalue weighted by Gasteiger charge is 2.74. The molecule has 6 atom stereocenters. The Morgan fingerprint density at radius 2 is 1.59 bits per heavy atom. The third-order valence-electron chi connectivity index (χ3n) is 11.0. The number of aliphatic hydroxyl groups excluding tert-OH is 1. The molecule has 3 aliphatic heterocycles. The monoisotopic (exact) mass is 745 g/mol. The van der Waals surface area contributed by atoms with E-state index in [0.717, 1.165) is 16.6 Å². The van der Waals surface area contributed by atoms with Crippen LogP contribution in [0.2, 0.25) is 0 Å². The Morgan fingerprint density at radius 1 is 0.875 bits per heavy atom. The number of morpholine rings is 1. The van der Waals surface area contributed by atoms with Crippen LogP contribution in [-0.4, -0.2) is 67.2 Å². The zero-order valence-corrected chi connectivity index (χ0v) is 29.9. The summed E-state index contributed by atoms with van der Waals surface area (Å²) in [4.78, 5) is 45.4. The van der Waals surface area contributed by atoms with E-state index in [1.165, 1.54) is 0 Å². The summed E-state index contributed by atoms with van der Waals surface area (Å²) >= 11 is 0. The number of ether oxygens (including phenoxy) is 2. The fourth-order valence-electron chi connectivity index (χ4n) is 8.87. The van der Waals surface area contributed by atoms with E-state index < -0.39 is 53.4 Å². The van der Waals surface area contributed by atoms with Crippen molar-refractivity contribution in [1.82, 2.24) is 19.9 Å². The summed E-state index contributed by atoms with van der Waals surface area (Å²) in [6, 6.07) is 35.4. The molecule has 6 aromatic rings. The molecule has 0 saturated carbocycles. The number of anilines is 1. The predicted octanol–water partition coefficient (Wildman–Crippen LogP) is 5.21. The summed E-state index contributed by atoms with van der Waals surface area (Å²) in [5.74, 6) is 2.40. The number of nitrogens with one attached hydrogen (secondary N) is 1. The van der Waals surface area contributed by atoms with Gasteiger partial charge in [-0.2, -0.15) is 0 Å². The number of benzene rings is 5. The van der Waals surface area contributed by atoms with Gasteiger partial charge < -0.3 is 25.0 Å². The summed E-state index contributed by atoms with van der Waals surface area (Å²) in [6.45, 7) is -0.0981. The number of fused-ring (bicyclic) bond motifs is 4. The summed E-state index contributed by atoms with van der Waals surface area (Å²) < 4.78 is 14.1. The van der Waals surface area contributed by atoms with Gasteiger partial charge in [0.1, 0.15) is 47.9 Å². The molecule has 6 unspecified atom stereocenters. The van der Waals surface area contributed by atoms with Gasteiger partial charge in [0.15, 0.2) is 0 Å². The maximum absolute atomic E-state index is 15.0. The summed E-state index contributed by atoms with van der Waals surface area (Å²) in [5, 5.41) is 32.6. The number of aliphatic carboxylic acids is 1. The molecule has 3 aliphatic rings. The van der Waals surface area contributed by atoms with E-state index in [0.29, 0.717) is 33.7 Å². The number of carbonyl (C=O) groups excluding carboxylic acids is 2. The molecule has 3 N–H and O–H groups in total. The van der Waals surface area contributed by atoms with Crippen LogP contribution in [0.15, 0.2) is 127 Å². The molecule has 56 heavy (non-hydrogen) atoms. The van der Waals surface area contributed by atoms with Crippen molar-refractivity contribution in [2.45, 2.75) is 36.2 Å². The molecule has 2 saturated heterocycles. The van der Waals surface area contributed by atoms with Crippen molar-refractivity contribution < 1.29 is 34.1 Å². The van der Waals surface area contributed by atoms with Gasteiger partial charge in [0.25, 0.3) is 0 Å².